The summed E-state index contributed by atoms with van der Waals surface area (Å²) in [5, 5.41) is 0.866. The average Bonchev–Trinajstić information content (AvgIpc) is 3.00. The Labute approximate surface area is 140 Å². The fourth-order valence-electron chi connectivity index (χ4n) is 2.82. The van der Waals surface area contributed by atoms with Gasteiger partial charge in [0.05, 0.1) is 0 Å². The predicted molar refractivity (Wildman–Crippen MR) is 88.8 cm³/mol. The van der Waals surface area contributed by atoms with Crippen molar-refractivity contribution in [3.8, 4) is 0 Å². The summed E-state index contributed by atoms with van der Waals surface area (Å²) in [5.41, 5.74) is 0.101. The normalized spacial score (nSPS) is 18.6. The number of nitrogens with zero attached hydrogens (tertiary/aromatic N) is 3. The Hall–Kier alpha value is -2.44. The van der Waals surface area contributed by atoms with E-state index in [1.54, 1.807) is 17.3 Å². The van der Waals surface area contributed by atoms with E-state index in [1.807, 2.05) is 26.8 Å². The fourth-order valence-corrected chi connectivity index (χ4v) is 2.82. The zero-order chi connectivity index (χ0) is 17.3. The minimum atomic E-state index is -0.546. The van der Waals surface area contributed by atoms with Gasteiger partial charge in [0.15, 0.2) is 5.82 Å². The van der Waals surface area contributed by atoms with Gasteiger partial charge in [-0.1, -0.05) is 0 Å². The largest absolute Gasteiger partial charge is 0.444 e. The van der Waals surface area contributed by atoms with Crippen molar-refractivity contribution in [2.75, 3.05) is 13.1 Å². The van der Waals surface area contributed by atoms with Gasteiger partial charge in [-0.25, -0.2) is 14.8 Å². The Morgan fingerprint density at radius 2 is 2.17 bits per heavy atom. The first-order valence-electron chi connectivity index (χ1n) is 8.16. The summed E-state index contributed by atoms with van der Waals surface area (Å²) in [4.78, 5) is 38.0. The lowest BCUT2D eigenvalue weighted by Gasteiger charge is -2.33. The SMILES string of the molecule is CC(C)(C)OC(=O)N1CCCC(C(=O)c2ncc3cc[nH]c3n2)C1. The molecule has 0 aliphatic carbocycles. The van der Waals surface area contributed by atoms with Crippen molar-refractivity contribution in [3.63, 3.8) is 0 Å². The number of amides is 1. The zero-order valence-electron chi connectivity index (χ0n) is 14.2. The molecule has 0 aromatic carbocycles. The summed E-state index contributed by atoms with van der Waals surface area (Å²) in [6.45, 7) is 6.44. The van der Waals surface area contributed by atoms with Crippen molar-refractivity contribution in [1.29, 1.82) is 0 Å². The first kappa shape index (κ1) is 16.4. The number of hydrogen-bond acceptors (Lipinski definition) is 5. The van der Waals surface area contributed by atoms with Gasteiger partial charge in [-0.15, -0.1) is 0 Å². The lowest BCUT2D eigenvalue weighted by molar-refractivity contribution is 0.0171. The van der Waals surface area contributed by atoms with Gasteiger partial charge < -0.3 is 14.6 Å². The maximum absolute atomic E-state index is 12.7. The van der Waals surface area contributed by atoms with Crippen molar-refractivity contribution in [3.05, 3.63) is 24.3 Å². The Balaban J connectivity index is 1.71. The third-order valence-corrected chi connectivity index (χ3v) is 3.96. The molecule has 1 aliphatic rings. The fraction of sp³-hybridized carbons (Fsp3) is 0.529. The number of hydrogen-bond donors (Lipinski definition) is 1. The Kier molecular flexibility index (Phi) is 4.26. The lowest BCUT2D eigenvalue weighted by atomic mass is 9.93. The van der Waals surface area contributed by atoms with Crippen molar-refractivity contribution >= 4 is 22.9 Å². The maximum Gasteiger partial charge on any atom is 0.410 e. The number of H-pyrrole nitrogens is 1. The minimum Gasteiger partial charge on any atom is -0.444 e. The second-order valence-corrected chi connectivity index (χ2v) is 7.10. The van der Waals surface area contributed by atoms with Crippen molar-refractivity contribution in [2.24, 2.45) is 5.92 Å². The summed E-state index contributed by atoms with van der Waals surface area (Å²) >= 11 is 0. The van der Waals surface area contributed by atoms with Gasteiger partial charge in [0.1, 0.15) is 11.2 Å². The van der Waals surface area contributed by atoms with Gasteiger partial charge in [-0.3, -0.25) is 4.79 Å². The summed E-state index contributed by atoms with van der Waals surface area (Å²) in [6.07, 6.45) is 4.52. The number of aromatic nitrogens is 3. The van der Waals surface area contributed by atoms with E-state index in [0.717, 1.165) is 18.2 Å². The number of carbonyl (C=O) groups is 2. The number of likely N-dealkylation sites (tertiary alicyclic amines) is 1. The number of ether oxygens (including phenoxy) is 1. The van der Waals surface area contributed by atoms with Crippen molar-refractivity contribution in [1.82, 2.24) is 19.9 Å². The number of piperidine rings is 1. The monoisotopic (exact) mass is 330 g/mol. The van der Waals surface area contributed by atoms with E-state index in [0.29, 0.717) is 18.7 Å². The van der Waals surface area contributed by atoms with E-state index < -0.39 is 5.60 Å². The molecule has 3 heterocycles. The van der Waals surface area contributed by atoms with E-state index in [-0.39, 0.29) is 23.6 Å². The van der Waals surface area contributed by atoms with Gasteiger partial charge in [-0.2, -0.15) is 0 Å². The van der Waals surface area contributed by atoms with Crippen LogP contribution >= 0.6 is 0 Å². The van der Waals surface area contributed by atoms with Gasteiger partial charge >= 0.3 is 6.09 Å². The molecule has 1 saturated heterocycles. The number of fused-ring (bicyclic) bond motifs is 1. The number of Topliss-reactive ketones (excluding diaryl/α,β-unsaturated/α-hetero) is 1. The van der Waals surface area contributed by atoms with Crippen LogP contribution in [-0.4, -0.2) is 50.4 Å². The molecule has 0 bridgehead atoms. The van der Waals surface area contributed by atoms with Crippen LogP contribution in [0.4, 0.5) is 4.79 Å². The zero-order valence-corrected chi connectivity index (χ0v) is 14.2. The molecule has 2 aromatic rings. The molecule has 0 radical (unpaired) electrons. The standard InChI is InChI=1S/C17H22N4O3/c1-17(2,3)24-16(23)21-8-4-5-12(10-21)13(22)15-19-9-11-6-7-18-14(11)20-15/h6-7,9,12H,4-5,8,10H2,1-3H3,(H,18,19,20). The number of carbonyl (C=O) groups excluding carboxylic acids is 2. The van der Waals surface area contributed by atoms with Crippen LogP contribution in [0.2, 0.25) is 0 Å². The topological polar surface area (TPSA) is 88.2 Å². The first-order valence-corrected chi connectivity index (χ1v) is 8.16. The summed E-state index contributed by atoms with van der Waals surface area (Å²) in [6, 6.07) is 1.86. The van der Waals surface area contributed by atoms with Gasteiger partial charge in [0.25, 0.3) is 0 Å². The quantitative estimate of drug-likeness (QED) is 0.855. The Bertz CT molecular complexity index is 763. The molecule has 3 rings (SSSR count). The molecule has 1 N–H and O–H groups in total. The average molecular weight is 330 g/mol. The molecular weight excluding hydrogens is 308 g/mol. The lowest BCUT2D eigenvalue weighted by Crippen LogP contribution is -2.44. The van der Waals surface area contributed by atoms with Crippen LogP contribution in [0.15, 0.2) is 18.5 Å². The summed E-state index contributed by atoms with van der Waals surface area (Å²) in [5.74, 6) is -0.223. The molecule has 24 heavy (non-hydrogen) atoms. The van der Waals surface area contributed by atoms with Crippen LogP contribution < -0.4 is 0 Å². The Morgan fingerprint density at radius 1 is 1.38 bits per heavy atom. The van der Waals surface area contributed by atoms with Gasteiger partial charge in [0.2, 0.25) is 5.78 Å². The highest BCUT2D eigenvalue weighted by Crippen LogP contribution is 2.22. The Morgan fingerprint density at radius 3 is 2.92 bits per heavy atom. The van der Waals surface area contributed by atoms with E-state index in [4.69, 9.17) is 4.74 Å². The van der Waals surface area contributed by atoms with E-state index in [2.05, 4.69) is 15.0 Å². The van der Waals surface area contributed by atoms with Crippen molar-refractivity contribution < 1.29 is 14.3 Å². The first-order chi connectivity index (χ1) is 11.3. The number of rotatable bonds is 2. The molecule has 1 amide bonds. The molecule has 0 saturated carbocycles. The van der Waals surface area contributed by atoms with Crippen LogP contribution in [0.1, 0.15) is 44.2 Å². The van der Waals surface area contributed by atoms with Gasteiger partial charge in [0, 0.05) is 36.8 Å². The highest BCUT2D eigenvalue weighted by molar-refractivity contribution is 5.96. The second-order valence-electron chi connectivity index (χ2n) is 7.10. The highest BCUT2D eigenvalue weighted by Gasteiger charge is 2.32. The van der Waals surface area contributed by atoms with E-state index in [9.17, 15) is 9.59 Å². The summed E-state index contributed by atoms with van der Waals surface area (Å²) < 4.78 is 5.40. The van der Waals surface area contributed by atoms with Crippen LogP contribution in [-0.2, 0) is 4.74 Å². The molecule has 1 fully saturated rings. The van der Waals surface area contributed by atoms with E-state index >= 15 is 0 Å². The third kappa shape index (κ3) is 3.55. The minimum absolute atomic E-state index is 0.125. The number of aromatic amines is 1. The van der Waals surface area contributed by atoms with Crippen LogP contribution in [0.25, 0.3) is 11.0 Å². The molecule has 1 aliphatic heterocycles. The maximum atomic E-state index is 12.7. The second kappa shape index (κ2) is 6.22. The molecule has 7 heteroatoms. The molecule has 7 nitrogen and oxygen atoms in total. The van der Waals surface area contributed by atoms with Crippen LogP contribution in [0.5, 0.6) is 0 Å². The third-order valence-electron chi connectivity index (χ3n) is 3.96. The molecule has 0 spiro atoms. The number of nitrogens with one attached hydrogen (secondary N) is 1. The molecule has 128 valence electrons. The van der Waals surface area contributed by atoms with Crippen molar-refractivity contribution in [2.45, 2.75) is 39.2 Å². The van der Waals surface area contributed by atoms with Crippen LogP contribution in [0.3, 0.4) is 0 Å². The molecular formula is C17H22N4O3. The van der Waals surface area contributed by atoms with Crippen LogP contribution in [0, 0.1) is 5.92 Å². The highest BCUT2D eigenvalue weighted by atomic mass is 16.6. The molecule has 2 aromatic heterocycles. The number of ketones is 1. The predicted octanol–water partition coefficient (Wildman–Crippen LogP) is 2.79. The molecule has 1 atom stereocenters. The van der Waals surface area contributed by atoms with E-state index in [1.165, 1.54) is 0 Å². The summed E-state index contributed by atoms with van der Waals surface area (Å²) in [7, 11) is 0. The smallest absolute Gasteiger partial charge is 0.410 e. The molecule has 1 unspecified atom stereocenters. The van der Waals surface area contributed by atoms with Gasteiger partial charge in [-0.05, 0) is 39.7 Å².